The second-order valence-corrected chi connectivity index (χ2v) is 5.80. The van der Waals surface area contributed by atoms with Crippen LogP contribution in [0.4, 0.5) is 5.69 Å². The molecule has 0 unspecified atom stereocenters. The van der Waals surface area contributed by atoms with E-state index in [1.54, 1.807) is 18.3 Å². The van der Waals surface area contributed by atoms with Gasteiger partial charge in [0.1, 0.15) is 11.0 Å². The minimum atomic E-state index is -0.318. The lowest BCUT2D eigenvalue weighted by atomic mass is 10.1. The van der Waals surface area contributed by atoms with Gasteiger partial charge in [0.25, 0.3) is 5.91 Å². The molecule has 0 atom stereocenters. The van der Waals surface area contributed by atoms with E-state index in [0.29, 0.717) is 17.1 Å². The van der Waals surface area contributed by atoms with Crippen LogP contribution in [0.15, 0.2) is 66.9 Å². The topological polar surface area (TPSA) is 70.7 Å². The first-order valence-electron chi connectivity index (χ1n) is 7.68. The van der Waals surface area contributed by atoms with Gasteiger partial charge in [0.2, 0.25) is 0 Å². The molecule has 0 aliphatic carbocycles. The first-order valence-corrected chi connectivity index (χ1v) is 8.06. The van der Waals surface area contributed by atoms with Crippen molar-refractivity contribution in [3.8, 4) is 11.4 Å². The molecule has 6 heteroatoms. The maximum absolute atomic E-state index is 12.5. The summed E-state index contributed by atoms with van der Waals surface area (Å²) in [4.78, 5) is 24.3. The molecule has 25 heavy (non-hydrogen) atoms. The third kappa shape index (κ3) is 2.97. The number of fused-ring (bicyclic) bond motifs is 1. The highest BCUT2D eigenvalue weighted by Gasteiger charge is 2.15. The summed E-state index contributed by atoms with van der Waals surface area (Å²) in [6.45, 7) is 0. The van der Waals surface area contributed by atoms with E-state index in [0.717, 1.165) is 16.6 Å². The molecule has 1 amide bonds. The Morgan fingerprint density at radius 2 is 1.80 bits per heavy atom. The van der Waals surface area contributed by atoms with Gasteiger partial charge in [-0.05, 0) is 36.4 Å². The summed E-state index contributed by atoms with van der Waals surface area (Å²) in [6, 6.07) is 18.6. The van der Waals surface area contributed by atoms with Gasteiger partial charge in [0.05, 0.1) is 22.3 Å². The van der Waals surface area contributed by atoms with Crippen molar-refractivity contribution in [2.24, 2.45) is 0 Å². The van der Waals surface area contributed by atoms with Crippen molar-refractivity contribution in [3.63, 3.8) is 0 Å². The van der Waals surface area contributed by atoms with Crippen molar-refractivity contribution in [2.75, 3.05) is 5.32 Å². The molecule has 0 bridgehead atoms. The van der Waals surface area contributed by atoms with Crippen LogP contribution >= 0.6 is 11.6 Å². The molecule has 0 radical (unpaired) electrons. The van der Waals surface area contributed by atoms with Gasteiger partial charge in [-0.25, -0.2) is 9.97 Å². The molecule has 0 saturated heterocycles. The van der Waals surface area contributed by atoms with Crippen LogP contribution in [0, 0.1) is 0 Å². The van der Waals surface area contributed by atoms with Crippen molar-refractivity contribution in [1.82, 2.24) is 15.0 Å². The summed E-state index contributed by atoms with van der Waals surface area (Å²) in [7, 11) is 0. The summed E-state index contributed by atoms with van der Waals surface area (Å²) in [5.41, 5.74) is 3.57. The third-order valence-corrected chi connectivity index (χ3v) is 4.12. The van der Waals surface area contributed by atoms with E-state index >= 15 is 0 Å². The van der Waals surface area contributed by atoms with Gasteiger partial charge >= 0.3 is 0 Å². The number of halogens is 1. The number of hydrogen-bond acceptors (Lipinski definition) is 3. The summed E-state index contributed by atoms with van der Waals surface area (Å²) in [5, 5.41) is 3.05. The van der Waals surface area contributed by atoms with E-state index in [1.807, 2.05) is 48.5 Å². The summed E-state index contributed by atoms with van der Waals surface area (Å²) >= 11 is 6.01. The number of rotatable bonds is 3. The van der Waals surface area contributed by atoms with Crippen LogP contribution in [-0.2, 0) is 0 Å². The van der Waals surface area contributed by atoms with Crippen LogP contribution in [0.1, 0.15) is 10.4 Å². The number of carbonyl (C=O) groups excluding carboxylic acids is 1. The molecule has 0 saturated carbocycles. The molecule has 122 valence electrons. The Balaban J connectivity index is 1.72. The van der Waals surface area contributed by atoms with E-state index in [2.05, 4.69) is 20.3 Å². The van der Waals surface area contributed by atoms with Gasteiger partial charge in [-0.1, -0.05) is 35.9 Å². The van der Waals surface area contributed by atoms with Gasteiger partial charge in [-0.3, -0.25) is 4.79 Å². The lowest BCUT2D eigenvalue weighted by molar-refractivity contribution is 0.102. The number of aromatic nitrogens is 3. The zero-order valence-electron chi connectivity index (χ0n) is 13.0. The molecule has 4 aromatic rings. The van der Waals surface area contributed by atoms with E-state index in [1.165, 1.54) is 0 Å². The Kier molecular flexibility index (Phi) is 3.91. The van der Waals surface area contributed by atoms with Crippen molar-refractivity contribution >= 4 is 34.2 Å². The van der Waals surface area contributed by atoms with E-state index in [-0.39, 0.29) is 11.1 Å². The monoisotopic (exact) mass is 348 g/mol. The number of aromatic amines is 1. The highest BCUT2D eigenvalue weighted by Crippen LogP contribution is 2.28. The Hall–Kier alpha value is -3.18. The lowest BCUT2D eigenvalue weighted by Crippen LogP contribution is -2.13. The molecule has 5 nitrogen and oxygen atoms in total. The Bertz CT molecular complexity index is 1040. The van der Waals surface area contributed by atoms with Crippen molar-refractivity contribution in [1.29, 1.82) is 0 Å². The molecule has 2 N–H and O–H groups in total. The molecule has 2 aromatic carbocycles. The quantitative estimate of drug-likeness (QED) is 0.534. The highest BCUT2D eigenvalue weighted by atomic mass is 35.5. The Morgan fingerprint density at radius 3 is 2.64 bits per heavy atom. The van der Waals surface area contributed by atoms with E-state index < -0.39 is 0 Å². The minimum Gasteiger partial charge on any atom is -0.338 e. The number of anilines is 1. The largest absolute Gasteiger partial charge is 0.338 e. The summed E-state index contributed by atoms with van der Waals surface area (Å²) in [5.74, 6) is 0.371. The van der Waals surface area contributed by atoms with Crippen LogP contribution in [-0.4, -0.2) is 20.9 Å². The third-order valence-electron chi connectivity index (χ3n) is 3.82. The predicted octanol–water partition coefficient (Wildman–Crippen LogP) is 4.53. The maximum Gasteiger partial charge on any atom is 0.258 e. The molecule has 0 aliphatic rings. The maximum atomic E-state index is 12.5. The first-order chi connectivity index (χ1) is 12.2. The van der Waals surface area contributed by atoms with Crippen molar-refractivity contribution < 1.29 is 4.79 Å². The number of benzene rings is 2. The van der Waals surface area contributed by atoms with Gasteiger partial charge < -0.3 is 10.3 Å². The number of amides is 1. The Labute approximate surface area is 148 Å². The van der Waals surface area contributed by atoms with Gasteiger partial charge in [-0.15, -0.1) is 0 Å². The number of imidazole rings is 1. The average Bonchev–Trinajstić information content (AvgIpc) is 3.06. The SMILES string of the molecule is O=C(Nc1ccccc1-c1nc2ccccc2[nH]1)c1cccnc1Cl. The first kappa shape index (κ1) is 15.4. The summed E-state index contributed by atoms with van der Waals surface area (Å²) < 4.78 is 0. The molecule has 0 aliphatic heterocycles. The highest BCUT2D eigenvalue weighted by molar-refractivity contribution is 6.33. The van der Waals surface area contributed by atoms with E-state index in [4.69, 9.17) is 11.6 Å². The molecular weight excluding hydrogens is 336 g/mol. The summed E-state index contributed by atoms with van der Waals surface area (Å²) in [6.07, 6.45) is 1.54. The normalized spacial score (nSPS) is 10.8. The van der Waals surface area contributed by atoms with Crippen molar-refractivity contribution in [3.05, 3.63) is 77.6 Å². The molecule has 0 spiro atoms. The molecule has 2 aromatic heterocycles. The van der Waals surface area contributed by atoms with Crippen LogP contribution in [0.5, 0.6) is 0 Å². The predicted molar refractivity (Wildman–Crippen MR) is 98.7 cm³/mol. The van der Waals surface area contributed by atoms with E-state index in [9.17, 15) is 4.79 Å². The number of carbonyl (C=O) groups is 1. The second kappa shape index (κ2) is 6.37. The number of pyridine rings is 1. The second-order valence-electron chi connectivity index (χ2n) is 5.44. The zero-order valence-corrected chi connectivity index (χ0v) is 13.8. The fraction of sp³-hybridized carbons (Fsp3) is 0. The fourth-order valence-corrected chi connectivity index (χ4v) is 2.83. The van der Waals surface area contributed by atoms with Crippen LogP contribution in [0.3, 0.4) is 0 Å². The number of nitrogens with one attached hydrogen (secondary N) is 2. The minimum absolute atomic E-state index is 0.168. The number of H-pyrrole nitrogens is 1. The Morgan fingerprint density at radius 1 is 1.00 bits per heavy atom. The zero-order chi connectivity index (χ0) is 17.2. The number of para-hydroxylation sites is 3. The number of hydrogen-bond donors (Lipinski definition) is 2. The fourth-order valence-electron chi connectivity index (χ4n) is 2.62. The number of nitrogens with zero attached hydrogens (tertiary/aromatic N) is 2. The molecule has 0 fully saturated rings. The average molecular weight is 349 g/mol. The standard InChI is InChI=1S/C19H13ClN4O/c20-17-13(7-5-11-21-17)19(25)24-14-8-2-1-6-12(14)18-22-15-9-3-4-10-16(15)23-18/h1-11H,(H,22,23)(H,24,25). The lowest BCUT2D eigenvalue weighted by Gasteiger charge is -2.10. The molecular formula is C19H13ClN4O. The van der Waals surface area contributed by atoms with Gasteiger partial charge in [0, 0.05) is 11.8 Å². The van der Waals surface area contributed by atoms with Crippen LogP contribution in [0.2, 0.25) is 5.15 Å². The van der Waals surface area contributed by atoms with Crippen LogP contribution in [0.25, 0.3) is 22.4 Å². The van der Waals surface area contributed by atoms with Gasteiger partial charge in [-0.2, -0.15) is 0 Å². The smallest absolute Gasteiger partial charge is 0.258 e. The van der Waals surface area contributed by atoms with Crippen molar-refractivity contribution in [2.45, 2.75) is 0 Å². The van der Waals surface area contributed by atoms with Crippen LogP contribution < -0.4 is 5.32 Å². The van der Waals surface area contributed by atoms with Gasteiger partial charge in [0.15, 0.2) is 0 Å². The molecule has 2 heterocycles. The molecule has 4 rings (SSSR count).